The van der Waals surface area contributed by atoms with Crippen LogP contribution in [-0.4, -0.2) is 20.9 Å². The zero-order valence-corrected chi connectivity index (χ0v) is 9.62. The molecule has 5 nitrogen and oxygen atoms in total. The SMILES string of the molecule is NC(=O)c1ncccc1NC(=S)c1ccc[nH]1. The van der Waals surface area contributed by atoms with Gasteiger partial charge in [0.25, 0.3) is 5.91 Å². The minimum Gasteiger partial charge on any atom is -0.364 e. The molecule has 17 heavy (non-hydrogen) atoms. The lowest BCUT2D eigenvalue weighted by atomic mass is 10.2. The zero-order chi connectivity index (χ0) is 12.3. The van der Waals surface area contributed by atoms with Gasteiger partial charge in [-0.05, 0) is 24.3 Å². The Hall–Kier alpha value is -2.21. The molecule has 0 saturated carbocycles. The van der Waals surface area contributed by atoms with Gasteiger partial charge in [0, 0.05) is 12.4 Å². The van der Waals surface area contributed by atoms with Gasteiger partial charge >= 0.3 is 0 Å². The number of aromatic amines is 1. The van der Waals surface area contributed by atoms with Crippen molar-refractivity contribution in [3.05, 3.63) is 48.0 Å². The molecule has 0 saturated heterocycles. The molecule has 0 aromatic carbocycles. The maximum atomic E-state index is 11.2. The third-order valence-corrected chi connectivity index (χ3v) is 2.45. The molecule has 0 aliphatic heterocycles. The quantitative estimate of drug-likeness (QED) is 0.713. The Labute approximate surface area is 103 Å². The molecule has 6 heteroatoms. The largest absolute Gasteiger partial charge is 0.364 e. The summed E-state index contributed by atoms with van der Waals surface area (Å²) in [5.41, 5.74) is 6.65. The van der Waals surface area contributed by atoms with E-state index in [9.17, 15) is 4.79 Å². The molecule has 0 aliphatic rings. The fourth-order valence-electron chi connectivity index (χ4n) is 1.36. The summed E-state index contributed by atoms with van der Waals surface area (Å²) in [4.78, 5) is 18.5. The van der Waals surface area contributed by atoms with Gasteiger partial charge < -0.3 is 16.0 Å². The van der Waals surface area contributed by atoms with E-state index in [4.69, 9.17) is 18.0 Å². The van der Waals surface area contributed by atoms with E-state index in [1.807, 2.05) is 12.1 Å². The molecule has 4 N–H and O–H groups in total. The third kappa shape index (κ3) is 2.48. The lowest BCUT2D eigenvalue weighted by Gasteiger charge is -2.08. The molecule has 0 unspecified atom stereocenters. The number of carbonyl (C=O) groups is 1. The first-order chi connectivity index (χ1) is 8.18. The Morgan fingerprint density at radius 2 is 2.24 bits per heavy atom. The maximum Gasteiger partial charge on any atom is 0.269 e. The van der Waals surface area contributed by atoms with Crippen molar-refractivity contribution in [3.8, 4) is 0 Å². The average molecular weight is 246 g/mol. The van der Waals surface area contributed by atoms with E-state index >= 15 is 0 Å². The molecule has 0 aliphatic carbocycles. The molecule has 86 valence electrons. The topological polar surface area (TPSA) is 83.8 Å². The van der Waals surface area contributed by atoms with Crippen LogP contribution in [0.3, 0.4) is 0 Å². The van der Waals surface area contributed by atoms with Crippen molar-refractivity contribution < 1.29 is 4.79 Å². The van der Waals surface area contributed by atoms with Crippen LogP contribution in [0.15, 0.2) is 36.7 Å². The first-order valence-corrected chi connectivity index (χ1v) is 5.29. The summed E-state index contributed by atoms with van der Waals surface area (Å²) in [6.07, 6.45) is 3.27. The fraction of sp³-hybridized carbons (Fsp3) is 0. The highest BCUT2D eigenvalue weighted by molar-refractivity contribution is 7.81. The standard InChI is InChI=1S/C11H10N4OS/c12-10(16)9-7(3-1-6-14-9)15-11(17)8-4-2-5-13-8/h1-6,13H,(H2,12,16)(H,15,17). The molecular weight excluding hydrogens is 236 g/mol. The molecular formula is C11H10N4OS. The molecule has 0 radical (unpaired) electrons. The first kappa shape index (κ1) is 11.3. The van der Waals surface area contributed by atoms with Crippen molar-refractivity contribution in [2.45, 2.75) is 0 Å². The van der Waals surface area contributed by atoms with Crippen molar-refractivity contribution in [1.82, 2.24) is 9.97 Å². The Morgan fingerprint density at radius 1 is 1.41 bits per heavy atom. The predicted octanol–water partition coefficient (Wildman–Crippen LogP) is 1.30. The monoisotopic (exact) mass is 246 g/mol. The Morgan fingerprint density at radius 3 is 2.88 bits per heavy atom. The number of H-pyrrole nitrogens is 1. The number of carbonyl (C=O) groups excluding carboxylic acids is 1. The summed E-state index contributed by atoms with van der Waals surface area (Å²) >= 11 is 5.18. The minimum absolute atomic E-state index is 0.168. The molecule has 2 heterocycles. The van der Waals surface area contributed by atoms with Gasteiger partial charge in [0.15, 0.2) is 5.69 Å². The second-order valence-corrected chi connectivity index (χ2v) is 3.71. The van der Waals surface area contributed by atoms with Crippen LogP contribution in [-0.2, 0) is 0 Å². The average Bonchev–Trinajstić information content (AvgIpc) is 2.83. The Balaban J connectivity index is 2.25. The van der Waals surface area contributed by atoms with Crippen molar-refractivity contribution in [2.75, 3.05) is 5.32 Å². The van der Waals surface area contributed by atoms with Gasteiger partial charge in [0.1, 0.15) is 4.99 Å². The number of nitrogens with zero attached hydrogens (tertiary/aromatic N) is 1. The molecule has 2 rings (SSSR count). The van der Waals surface area contributed by atoms with E-state index in [0.717, 1.165) is 5.69 Å². The summed E-state index contributed by atoms with van der Waals surface area (Å²) in [7, 11) is 0. The number of primary amides is 1. The smallest absolute Gasteiger partial charge is 0.269 e. The van der Waals surface area contributed by atoms with Crippen molar-refractivity contribution in [2.24, 2.45) is 5.73 Å². The van der Waals surface area contributed by atoms with Gasteiger partial charge in [-0.2, -0.15) is 0 Å². The second kappa shape index (κ2) is 4.75. The van der Waals surface area contributed by atoms with E-state index in [0.29, 0.717) is 10.7 Å². The summed E-state index contributed by atoms with van der Waals surface area (Å²) in [5.74, 6) is -0.595. The summed E-state index contributed by atoms with van der Waals surface area (Å²) in [6.45, 7) is 0. The van der Waals surface area contributed by atoms with Gasteiger partial charge in [-0.1, -0.05) is 12.2 Å². The number of hydrogen-bond acceptors (Lipinski definition) is 3. The van der Waals surface area contributed by atoms with Gasteiger partial charge in [0.2, 0.25) is 0 Å². The van der Waals surface area contributed by atoms with Crippen LogP contribution in [0.25, 0.3) is 0 Å². The number of thiocarbonyl (C=S) groups is 1. The van der Waals surface area contributed by atoms with Crippen LogP contribution >= 0.6 is 12.2 Å². The van der Waals surface area contributed by atoms with Crippen molar-refractivity contribution in [3.63, 3.8) is 0 Å². The molecule has 1 amide bonds. The van der Waals surface area contributed by atoms with Gasteiger partial charge in [0.05, 0.1) is 11.4 Å². The zero-order valence-electron chi connectivity index (χ0n) is 8.81. The predicted molar refractivity (Wildman–Crippen MR) is 68.9 cm³/mol. The fourth-order valence-corrected chi connectivity index (χ4v) is 1.60. The highest BCUT2D eigenvalue weighted by Gasteiger charge is 2.10. The van der Waals surface area contributed by atoms with Crippen LogP contribution in [0, 0.1) is 0 Å². The highest BCUT2D eigenvalue weighted by Crippen LogP contribution is 2.13. The van der Waals surface area contributed by atoms with Gasteiger partial charge in [-0.3, -0.25) is 4.79 Å². The number of rotatable bonds is 3. The van der Waals surface area contributed by atoms with Crippen LogP contribution in [0.2, 0.25) is 0 Å². The van der Waals surface area contributed by atoms with Crippen molar-refractivity contribution >= 4 is 28.8 Å². The van der Waals surface area contributed by atoms with Gasteiger partial charge in [-0.25, -0.2) is 4.98 Å². The number of nitrogens with one attached hydrogen (secondary N) is 2. The molecule has 2 aromatic heterocycles. The lowest BCUT2D eigenvalue weighted by Crippen LogP contribution is -2.19. The Kier molecular flexibility index (Phi) is 3.15. The molecule has 0 spiro atoms. The molecule has 2 aromatic rings. The summed E-state index contributed by atoms with van der Waals surface area (Å²) < 4.78 is 0. The highest BCUT2D eigenvalue weighted by atomic mass is 32.1. The third-order valence-electron chi connectivity index (χ3n) is 2.13. The number of pyridine rings is 1. The maximum absolute atomic E-state index is 11.2. The molecule has 0 bridgehead atoms. The summed E-state index contributed by atoms with van der Waals surface area (Å²) in [6, 6.07) is 7.06. The minimum atomic E-state index is -0.595. The first-order valence-electron chi connectivity index (χ1n) is 4.88. The van der Waals surface area contributed by atoms with Crippen LogP contribution < -0.4 is 11.1 Å². The summed E-state index contributed by atoms with van der Waals surface area (Å²) in [5, 5.41) is 2.93. The molecule has 0 fully saturated rings. The molecule has 0 atom stereocenters. The van der Waals surface area contributed by atoms with Crippen molar-refractivity contribution in [1.29, 1.82) is 0 Å². The number of nitrogens with two attached hydrogens (primary N) is 1. The van der Waals surface area contributed by atoms with Crippen LogP contribution in [0.1, 0.15) is 16.2 Å². The number of hydrogen-bond donors (Lipinski definition) is 3. The van der Waals surface area contributed by atoms with E-state index in [2.05, 4.69) is 15.3 Å². The van der Waals surface area contributed by atoms with E-state index in [1.165, 1.54) is 6.20 Å². The normalized spacial score (nSPS) is 9.88. The van der Waals surface area contributed by atoms with Crippen LogP contribution in [0.4, 0.5) is 5.69 Å². The number of aromatic nitrogens is 2. The Bertz CT molecular complexity index is 550. The van der Waals surface area contributed by atoms with Crippen LogP contribution in [0.5, 0.6) is 0 Å². The van der Waals surface area contributed by atoms with E-state index in [-0.39, 0.29) is 5.69 Å². The number of amides is 1. The van der Waals surface area contributed by atoms with E-state index in [1.54, 1.807) is 18.3 Å². The number of anilines is 1. The van der Waals surface area contributed by atoms with Gasteiger partial charge in [-0.15, -0.1) is 0 Å². The van der Waals surface area contributed by atoms with E-state index < -0.39 is 5.91 Å². The second-order valence-electron chi connectivity index (χ2n) is 3.30. The lowest BCUT2D eigenvalue weighted by molar-refractivity contribution is 0.0996.